The maximum Gasteiger partial charge on any atom is 0.192 e. The molecule has 0 amide bonds. The predicted octanol–water partition coefficient (Wildman–Crippen LogP) is 6.77. The Morgan fingerprint density at radius 3 is 1.54 bits per heavy atom. The van der Waals surface area contributed by atoms with E-state index in [1.807, 2.05) is 0 Å². The second-order valence-corrected chi connectivity index (χ2v) is 10.4. The van der Waals surface area contributed by atoms with E-state index in [1.165, 1.54) is 37.4 Å². The minimum absolute atomic E-state index is 0.356. The molecule has 0 spiro atoms. The zero-order valence-corrected chi connectivity index (χ0v) is 18.9. The van der Waals surface area contributed by atoms with Gasteiger partial charge in [-0.15, -0.1) is 0 Å². The van der Waals surface area contributed by atoms with Crippen LogP contribution in [0, 0.1) is 35.5 Å². The molecular formula is C23H42O2S. The van der Waals surface area contributed by atoms with Crippen molar-refractivity contribution in [2.45, 2.75) is 92.9 Å². The summed E-state index contributed by atoms with van der Waals surface area (Å²) in [6.07, 6.45) is 10.2. The molecule has 0 radical (unpaired) electrons. The average molecular weight is 383 g/mol. The lowest BCUT2D eigenvalue weighted by atomic mass is 9.94. The van der Waals surface area contributed by atoms with Gasteiger partial charge in [0.1, 0.15) is 5.78 Å². The molecule has 2 atom stereocenters. The summed E-state index contributed by atoms with van der Waals surface area (Å²) in [4.78, 5) is 22.0. The van der Waals surface area contributed by atoms with E-state index in [-0.39, 0.29) is 0 Å². The number of Topliss-reactive ketones (excluding diaryl/α,β-unsaturated/α-hetero) is 1. The summed E-state index contributed by atoms with van der Waals surface area (Å²) in [5, 5.41) is 0.407. The van der Waals surface area contributed by atoms with E-state index in [4.69, 9.17) is 0 Å². The molecule has 1 heterocycles. The number of rotatable bonds is 3. The Morgan fingerprint density at radius 2 is 1.31 bits per heavy atom. The summed E-state index contributed by atoms with van der Waals surface area (Å²) < 4.78 is 0. The van der Waals surface area contributed by atoms with Crippen molar-refractivity contribution in [1.82, 2.24) is 0 Å². The second kappa shape index (κ2) is 12.2. The second-order valence-electron chi connectivity index (χ2n) is 9.30. The third-order valence-electron chi connectivity index (χ3n) is 6.28. The first-order valence-corrected chi connectivity index (χ1v) is 11.9. The Balaban J connectivity index is 0.000000195. The molecule has 152 valence electrons. The van der Waals surface area contributed by atoms with Crippen molar-refractivity contribution < 1.29 is 9.59 Å². The molecule has 3 fully saturated rings. The standard InChI is InChI=1S/C8H14O.C8H16.C7H12OS/c1-6(2)7-4-3-5-8(7)9;1-7(2)8-5-3-4-6-8;1-5(2)6-3-4-9-7(6)8/h6-7H,3-5H2,1-2H3;7-8H,3-6H2,1-2H3;5-6H,3-4H2,1-2H3/t7-;;6-/m1.1/s1. The fraction of sp³-hybridized carbons (Fsp3) is 0.913. The SMILES string of the molecule is CC(C)C1CCCC1.CC(C)[C@H]1CCCC1=O.CC(C)[C@H]1CCSC1=O. The van der Waals surface area contributed by atoms with Crippen LogP contribution in [0.15, 0.2) is 0 Å². The van der Waals surface area contributed by atoms with Crippen LogP contribution in [0.25, 0.3) is 0 Å². The number of hydrogen-bond donors (Lipinski definition) is 0. The Kier molecular flexibility index (Phi) is 11.1. The van der Waals surface area contributed by atoms with Gasteiger partial charge in [-0.1, -0.05) is 79.0 Å². The lowest BCUT2D eigenvalue weighted by Crippen LogP contribution is -2.12. The van der Waals surface area contributed by atoms with Crippen LogP contribution >= 0.6 is 11.8 Å². The van der Waals surface area contributed by atoms with Gasteiger partial charge < -0.3 is 0 Å². The quantitative estimate of drug-likeness (QED) is 0.540. The maximum absolute atomic E-state index is 11.0. The van der Waals surface area contributed by atoms with Gasteiger partial charge in [0.25, 0.3) is 0 Å². The largest absolute Gasteiger partial charge is 0.299 e. The van der Waals surface area contributed by atoms with Gasteiger partial charge >= 0.3 is 0 Å². The van der Waals surface area contributed by atoms with Crippen LogP contribution in [0.4, 0.5) is 0 Å². The fourth-order valence-electron chi connectivity index (χ4n) is 4.29. The van der Waals surface area contributed by atoms with E-state index in [2.05, 4.69) is 41.5 Å². The van der Waals surface area contributed by atoms with Crippen LogP contribution in [-0.4, -0.2) is 16.7 Å². The molecule has 3 aliphatic rings. The average Bonchev–Trinajstić information content (AvgIpc) is 3.28. The van der Waals surface area contributed by atoms with Crippen LogP contribution in [0.5, 0.6) is 0 Å². The van der Waals surface area contributed by atoms with Crippen LogP contribution in [0.1, 0.15) is 92.9 Å². The molecule has 0 bridgehead atoms. The van der Waals surface area contributed by atoms with Crippen LogP contribution in [0.2, 0.25) is 0 Å². The highest BCUT2D eigenvalue weighted by Gasteiger charge is 2.27. The lowest BCUT2D eigenvalue weighted by molar-refractivity contribution is -0.121. The van der Waals surface area contributed by atoms with Crippen molar-refractivity contribution in [1.29, 1.82) is 0 Å². The topological polar surface area (TPSA) is 34.1 Å². The highest BCUT2D eigenvalue weighted by molar-refractivity contribution is 8.14. The first-order chi connectivity index (χ1) is 12.2. The third-order valence-corrected chi connectivity index (χ3v) is 7.31. The van der Waals surface area contributed by atoms with Crippen LogP contribution < -0.4 is 0 Å². The third kappa shape index (κ3) is 8.15. The van der Waals surface area contributed by atoms with Crippen molar-refractivity contribution in [2.24, 2.45) is 35.5 Å². The zero-order valence-electron chi connectivity index (χ0n) is 18.1. The van der Waals surface area contributed by atoms with E-state index in [1.54, 1.807) is 0 Å². The minimum Gasteiger partial charge on any atom is -0.299 e. The highest BCUT2D eigenvalue weighted by atomic mass is 32.2. The van der Waals surface area contributed by atoms with Crippen LogP contribution in [0.3, 0.4) is 0 Å². The number of thioether (sulfide) groups is 1. The molecular weight excluding hydrogens is 340 g/mol. The molecule has 26 heavy (non-hydrogen) atoms. The summed E-state index contributed by atoms with van der Waals surface area (Å²) in [5.74, 6) is 5.41. The smallest absolute Gasteiger partial charge is 0.192 e. The molecule has 0 N–H and O–H groups in total. The van der Waals surface area contributed by atoms with E-state index in [0.717, 1.165) is 43.3 Å². The summed E-state index contributed by atoms with van der Waals surface area (Å²) in [7, 11) is 0. The number of hydrogen-bond acceptors (Lipinski definition) is 3. The summed E-state index contributed by atoms with van der Waals surface area (Å²) in [5.41, 5.74) is 0. The Labute approximate surface area is 166 Å². The Morgan fingerprint density at radius 1 is 0.731 bits per heavy atom. The van der Waals surface area contributed by atoms with Crippen molar-refractivity contribution in [3.8, 4) is 0 Å². The van der Waals surface area contributed by atoms with Crippen molar-refractivity contribution in [3.05, 3.63) is 0 Å². The van der Waals surface area contributed by atoms with Gasteiger partial charge in [-0.05, 0) is 42.9 Å². The normalized spacial score (nSPS) is 26.3. The summed E-state index contributed by atoms with van der Waals surface area (Å²) in [6.45, 7) is 13.2. The molecule has 0 aromatic rings. The molecule has 0 aromatic carbocycles. The van der Waals surface area contributed by atoms with Gasteiger partial charge in [0.15, 0.2) is 5.12 Å². The molecule has 1 saturated heterocycles. The lowest BCUT2D eigenvalue weighted by Gasteiger charge is -2.11. The summed E-state index contributed by atoms with van der Waals surface area (Å²) in [6, 6.07) is 0. The molecule has 0 unspecified atom stereocenters. The highest BCUT2D eigenvalue weighted by Crippen LogP contribution is 2.31. The molecule has 3 rings (SSSR count). The minimum atomic E-state index is 0.356. The van der Waals surface area contributed by atoms with E-state index in [0.29, 0.717) is 34.6 Å². The van der Waals surface area contributed by atoms with E-state index < -0.39 is 0 Å². The van der Waals surface area contributed by atoms with Crippen LogP contribution in [-0.2, 0) is 9.59 Å². The van der Waals surface area contributed by atoms with E-state index >= 15 is 0 Å². The number of ketones is 1. The van der Waals surface area contributed by atoms with Crippen molar-refractivity contribution in [2.75, 3.05) is 5.75 Å². The Hall–Kier alpha value is -0.310. The van der Waals surface area contributed by atoms with Gasteiger partial charge in [-0.25, -0.2) is 0 Å². The zero-order chi connectivity index (χ0) is 19.7. The van der Waals surface area contributed by atoms with Crippen molar-refractivity contribution in [3.63, 3.8) is 0 Å². The van der Waals surface area contributed by atoms with Gasteiger partial charge in [0.05, 0.1) is 0 Å². The number of carbonyl (C=O) groups excluding carboxylic acids is 2. The summed E-state index contributed by atoms with van der Waals surface area (Å²) >= 11 is 1.49. The fourth-order valence-corrected chi connectivity index (χ4v) is 5.47. The first-order valence-electron chi connectivity index (χ1n) is 10.9. The van der Waals surface area contributed by atoms with Gasteiger partial charge in [-0.2, -0.15) is 0 Å². The molecule has 0 aromatic heterocycles. The van der Waals surface area contributed by atoms with E-state index in [9.17, 15) is 9.59 Å². The molecule has 1 aliphatic heterocycles. The van der Waals surface area contributed by atoms with Gasteiger partial charge in [0, 0.05) is 24.0 Å². The molecule has 2 nitrogen and oxygen atoms in total. The van der Waals surface area contributed by atoms with Gasteiger partial charge in [-0.3, -0.25) is 9.59 Å². The number of carbonyl (C=O) groups is 2. The van der Waals surface area contributed by atoms with Gasteiger partial charge in [0.2, 0.25) is 0 Å². The monoisotopic (exact) mass is 382 g/mol. The maximum atomic E-state index is 11.0. The van der Waals surface area contributed by atoms with Crippen molar-refractivity contribution >= 4 is 22.7 Å². The molecule has 2 saturated carbocycles. The molecule has 3 heteroatoms. The Bertz CT molecular complexity index is 392. The molecule has 2 aliphatic carbocycles. The predicted molar refractivity (Wildman–Crippen MR) is 114 cm³/mol. The first kappa shape index (κ1) is 23.7.